The third kappa shape index (κ3) is 4.94. The van der Waals surface area contributed by atoms with Crippen molar-refractivity contribution in [1.29, 1.82) is 0 Å². The minimum Gasteiger partial charge on any atom is -0.317 e. The van der Waals surface area contributed by atoms with Crippen LogP contribution in [-0.2, 0) is 12.7 Å². The van der Waals surface area contributed by atoms with Gasteiger partial charge in [0.15, 0.2) is 17.0 Å². The zero-order valence-corrected chi connectivity index (χ0v) is 20.8. The van der Waals surface area contributed by atoms with Crippen molar-refractivity contribution in [2.45, 2.75) is 26.6 Å². The van der Waals surface area contributed by atoms with Gasteiger partial charge in [0.25, 0.3) is 5.91 Å². The third-order valence-electron chi connectivity index (χ3n) is 5.64. The van der Waals surface area contributed by atoms with Gasteiger partial charge in [0.2, 0.25) is 0 Å². The first-order valence-corrected chi connectivity index (χ1v) is 12.0. The number of nitrogens with zero attached hydrogens (tertiary/aromatic N) is 5. The fourth-order valence-corrected chi connectivity index (χ4v) is 4.84. The van der Waals surface area contributed by atoms with Gasteiger partial charge in [-0.25, -0.2) is 13.9 Å². The van der Waals surface area contributed by atoms with Crippen molar-refractivity contribution in [1.82, 2.24) is 24.4 Å². The highest BCUT2D eigenvalue weighted by Gasteiger charge is 2.36. The lowest BCUT2D eigenvalue weighted by atomic mass is 10.2. The zero-order chi connectivity index (χ0) is 26.5. The van der Waals surface area contributed by atoms with Crippen molar-refractivity contribution in [3.8, 4) is 10.6 Å². The molecular weight excluding hydrogens is 532 g/mol. The molecule has 0 fully saturated rings. The Bertz CT molecular complexity index is 1640. The molecule has 0 atom stereocenters. The van der Waals surface area contributed by atoms with Crippen LogP contribution in [-0.4, -0.2) is 30.3 Å². The molecule has 0 bridgehead atoms. The second-order valence-electron chi connectivity index (χ2n) is 8.21. The van der Waals surface area contributed by atoms with Gasteiger partial charge in [0.1, 0.15) is 5.82 Å². The topological polar surface area (TPSA) is 77.1 Å². The normalized spacial score (nSPS) is 11.9. The van der Waals surface area contributed by atoms with Gasteiger partial charge in [-0.1, -0.05) is 23.7 Å². The van der Waals surface area contributed by atoms with E-state index in [9.17, 15) is 22.4 Å². The Morgan fingerprint density at radius 3 is 2.46 bits per heavy atom. The summed E-state index contributed by atoms with van der Waals surface area (Å²) in [4.78, 5) is 17.7. The molecule has 1 N–H and O–H groups in total. The summed E-state index contributed by atoms with van der Waals surface area (Å²) < 4.78 is 57.4. The second kappa shape index (κ2) is 9.27. The molecule has 0 saturated heterocycles. The number of benzene rings is 1. The van der Waals surface area contributed by atoms with Crippen LogP contribution in [0.25, 0.3) is 16.2 Å². The van der Waals surface area contributed by atoms with E-state index in [2.05, 4.69) is 20.5 Å². The number of fused-ring (bicyclic) bond motifs is 1. The number of aromatic nitrogens is 5. The number of carbonyl (C=O) groups is 1. The molecule has 4 aromatic heterocycles. The van der Waals surface area contributed by atoms with Gasteiger partial charge in [0.05, 0.1) is 38.5 Å². The molecule has 0 spiro atoms. The lowest BCUT2D eigenvalue weighted by molar-refractivity contribution is -0.142. The summed E-state index contributed by atoms with van der Waals surface area (Å²) in [6.07, 6.45) is -4.74. The van der Waals surface area contributed by atoms with Gasteiger partial charge < -0.3 is 5.32 Å². The van der Waals surface area contributed by atoms with Crippen molar-refractivity contribution in [3.05, 3.63) is 87.0 Å². The minimum atomic E-state index is -4.74. The smallest absolute Gasteiger partial charge is 0.317 e. The molecule has 0 unspecified atom stereocenters. The van der Waals surface area contributed by atoms with Gasteiger partial charge in [-0.3, -0.25) is 9.48 Å². The Kier molecular flexibility index (Phi) is 6.24. The van der Waals surface area contributed by atoms with Crippen LogP contribution in [0.3, 0.4) is 0 Å². The Morgan fingerprint density at radius 1 is 1.08 bits per heavy atom. The molecular formula is C24H17ClF4N6OS. The van der Waals surface area contributed by atoms with E-state index in [0.717, 1.165) is 23.0 Å². The highest BCUT2D eigenvalue weighted by atomic mass is 35.5. The molecule has 1 amide bonds. The fourth-order valence-electron chi connectivity index (χ4n) is 3.84. The average Bonchev–Trinajstić information content (AvgIpc) is 3.53. The summed E-state index contributed by atoms with van der Waals surface area (Å²) in [7, 11) is 0. The fraction of sp³-hybridized carbons (Fsp3) is 0.167. The SMILES string of the molecule is Cc1nn(Cc2ccc(F)cc2)c(C)c1NC(=O)c1cc2nc(-c3ccc(Cl)s3)cc(C(F)(F)F)n2n1. The summed E-state index contributed by atoms with van der Waals surface area (Å²) >= 11 is 7.02. The van der Waals surface area contributed by atoms with E-state index in [1.807, 2.05) is 0 Å². The molecule has 37 heavy (non-hydrogen) atoms. The van der Waals surface area contributed by atoms with Crippen LogP contribution < -0.4 is 5.32 Å². The average molecular weight is 549 g/mol. The molecule has 0 saturated carbocycles. The Balaban J connectivity index is 1.47. The number of thiophene rings is 1. The number of hydrogen-bond acceptors (Lipinski definition) is 5. The quantitative estimate of drug-likeness (QED) is 0.258. The largest absolute Gasteiger partial charge is 0.433 e. The lowest BCUT2D eigenvalue weighted by Gasteiger charge is -2.10. The number of nitrogens with one attached hydrogen (secondary N) is 1. The van der Waals surface area contributed by atoms with E-state index in [0.29, 0.717) is 37.3 Å². The van der Waals surface area contributed by atoms with Crippen molar-refractivity contribution in [2.75, 3.05) is 5.32 Å². The highest BCUT2D eigenvalue weighted by molar-refractivity contribution is 7.19. The van der Waals surface area contributed by atoms with Gasteiger partial charge in [-0.15, -0.1) is 11.3 Å². The molecule has 7 nitrogen and oxygen atoms in total. The zero-order valence-electron chi connectivity index (χ0n) is 19.3. The maximum absolute atomic E-state index is 13.8. The van der Waals surface area contributed by atoms with Gasteiger partial charge >= 0.3 is 6.18 Å². The van der Waals surface area contributed by atoms with E-state index in [1.165, 1.54) is 18.2 Å². The number of alkyl halides is 3. The molecule has 4 heterocycles. The van der Waals surface area contributed by atoms with E-state index >= 15 is 0 Å². The molecule has 0 aliphatic heterocycles. The predicted octanol–water partition coefficient (Wildman–Crippen LogP) is 6.38. The molecule has 13 heteroatoms. The number of aryl methyl sites for hydroxylation is 1. The Hall–Kier alpha value is -3.77. The number of halogens is 5. The van der Waals surface area contributed by atoms with Crippen molar-refractivity contribution in [2.24, 2.45) is 0 Å². The summed E-state index contributed by atoms with van der Waals surface area (Å²) in [5.74, 6) is -1.07. The maximum Gasteiger partial charge on any atom is 0.433 e. The molecule has 0 radical (unpaired) electrons. The van der Waals surface area contributed by atoms with Gasteiger partial charge in [0, 0.05) is 6.07 Å². The van der Waals surface area contributed by atoms with Crippen molar-refractivity contribution >= 4 is 40.2 Å². The van der Waals surface area contributed by atoms with Crippen LogP contribution in [0.2, 0.25) is 4.34 Å². The Morgan fingerprint density at radius 2 is 1.81 bits per heavy atom. The van der Waals surface area contributed by atoms with Crippen LogP contribution in [0.15, 0.2) is 48.5 Å². The maximum atomic E-state index is 13.8. The standard InChI is InChI=1S/C24H17ClF4N6OS/c1-12-22(13(2)34(32-12)11-14-3-5-15(26)6-4-14)31-23(36)17-10-21-30-16(18-7-8-20(25)37-18)9-19(24(27,28)29)35(21)33-17/h3-10H,11H2,1-2H3,(H,31,36). The summed E-state index contributed by atoms with van der Waals surface area (Å²) in [5, 5.41) is 11.0. The summed E-state index contributed by atoms with van der Waals surface area (Å²) in [6, 6.07) is 11.1. The van der Waals surface area contributed by atoms with Gasteiger partial charge in [-0.2, -0.15) is 23.4 Å². The number of hydrogen-bond donors (Lipinski definition) is 1. The van der Waals surface area contributed by atoms with E-state index in [4.69, 9.17) is 11.6 Å². The number of anilines is 1. The highest BCUT2D eigenvalue weighted by Crippen LogP contribution is 2.35. The van der Waals surface area contributed by atoms with E-state index in [1.54, 1.807) is 42.8 Å². The van der Waals surface area contributed by atoms with E-state index in [-0.39, 0.29) is 22.9 Å². The first-order valence-electron chi connectivity index (χ1n) is 10.8. The number of rotatable bonds is 5. The van der Waals surface area contributed by atoms with Crippen LogP contribution in [0.5, 0.6) is 0 Å². The third-order valence-corrected chi connectivity index (χ3v) is 6.90. The first-order chi connectivity index (χ1) is 17.5. The lowest BCUT2D eigenvalue weighted by Crippen LogP contribution is -2.16. The van der Waals surface area contributed by atoms with Crippen LogP contribution in [0.4, 0.5) is 23.2 Å². The Labute approximate surface area is 216 Å². The van der Waals surface area contributed by atoms with Crippen LogP contribution in [0.1, 0.15) is 33.1 Å². The summed E-state index contributed by atoms with van der Waals surface area (Å²) in [6.45, 7) is 3.77. The second-order valence-corrected chi connectivity index (χ2v) is 9.93. The molecule has 0 aliphatic carbocycles. The molecule has 190 valence electrons. The minimum absolute atomic E-state index is 0.0670. The summed E-state index contributed by atoms with van der Waals surface area (Å²) in [5.41, 5.74) is 0.936. The molecule has 5 rings (SSSR count). The number of amides is 1. The monoisotopic (exact) mass is 548 g/mol. The van der Waals surface area contributed by atoms with Crippen molar-refractivity contribution < 1.29 is 22.4 Å². The first kappa shape index (κ1) is 24.9. The molecule has 1 aromatic carbocycles. The number of carbonyl (C=O) groups excluding carboxylic acids is 1. The predicted molar refractivity (Wildman–Crippen MR) is 131 cm³/mol. The van der Waals surface area contributed by atoms with Gasteiger partial charge in [-0.05, 0) is 49.7 Å². The van der Waals surface area contributed by atoms with Crippen LogP contribution >= 0.6 is 22.9 Å². The van der Waals surface area contributed by atoms with Crippen molar-refractivity contribution in [3.63, 3.8) is 0 Å². The molecule has 0 aliphatic rings. The molecule has 5 aromatic rings. The van der Waals surface area contributed by atoms with Crippen LogP contribution in [0, 0.1) is 19.7 Å². The van der Waals surface area contributed by atoms with E-state index < -0.39 is 17.8 Å².